The van der Waals surface area contributed by atoms with Crippen LogP contribution < -0.4 is 10.6 Å². The summed E-state index contributed by atoms with van der Waals surface area (Å²) in [5, 5.41) is 15.3. The predicted octanol–water partition coefficient (Wildman–Crippen LogP) is 1.01. The Morgan fingerprint density at radius 2 is 2.18 bits per heavy atom. The van der Waals surface area contributed by atoms with Gasteiger partial charge in [0.15, 0.2) is 0 Å². The first kappa shape index (κ1) is 11.9. The van der Waals surface area contributed by atoms with Gasteiger partial charge in [-0.25, -0.2) is 0 Å². The van der Waals surface area contributed by atoms with E-state index in [1.807, 2.05) is 12.1 Å². The Morgan fingerprint density at radius 3 is 2.82 bits per heavy atom. The largest absolute Gasteiger partial charge is 0.508 e. The second-order valence-corrected chi connectivity index (χ2v) is 4.43. The fourth-order valence-corrected chi connectivity index (χ4v) is 2.02. The Morgan fingerprint density at radius 1 is 1.41 bits per heavy atom. The number of nitrogens with one attached hydrogen (secondary N) is 2. The smallest absolute Gasteiger partial charge is 0.224 e. The highest BCUT2D eigenvalue weighted by atomic mass is 16.3. The Labute approximate surface area is 101 Å². The highest BCUT2D eigenvalue weighted by Crippen LogP contribution is 2.11. The van der Waals surface area contributed by atoms with Crippen LogP contribution in [0.15, 0.2) is 24.3 Å². The number of carbonyl (C=O) groups excluding carboxylic acids is 1. The van der Waals surface area contributed by atoms with Gasteiger partial charge in [-0.3, -0.25) is 4.79 Å². The molecule has 3 N–H and O–H groups in total. The van der Waals surface area contributed by atoms with Crippen LogP contribution >= 0.6 is 0 Å². The molecule has 0 aromatic heterocycles. The van der Waals surface area contributed by atoms with E-state index < -0.39 is 0 Å². The van der Waals surface area contributed by atoms with Crippen molar-refractivity contribution in [2.45, 2.75) is 19.4 Å². The molecular weight excluding hydrogens is 216 g/mol. The molecule has 1 heterocycles. The van der Waals surface area contributed by atoms with Gasteiger partial charge < -0.3 is 15.7 Å². The molecule has 0 radical (unpaired) electrons. The van der Waals surface area contributed by atoms with Crippen LogP contribution in [-0.2, 0) is 11.3 Å². The van der Waals surface area contributed by atoms with Crippen molar-refractivity contribution in [1.29, 1.82) is 0 Å². The number of hydrogen-bond acceptors (Lipinski definition) is 3. The van der Waals surface area contributed by atoms with Gasteiger partial charge >= 0.3 is 0 Å². The number of rotatable bonds is 3. The van der Waals surface area contributed by atoms with E-state index in [4.69, 9.17) is 5.11 Å². The van der Waals surface area contributed by atoms with Gasteiger partial charge in [0.25, 0.3) is 0 Å². The molecule has 0 unspecified atom stereocenters. The van der Waals surface area contributed by atoms with Crippen LogP contribution in [0, 0.1) is 5.92 Å². The number of hydrogen-bond donors (Lipinski definition) is 3. The summed E-state index contributed by atoms with van der Waals surface area (Å²) in [6.45, 7) is 2.32. The van der Waals surface area contributed by atoms with Gasteiger partial charge in [-0.1, -0.05) is 12.1 Å². The van der Waals surface area contributed by atoms with Gasteiger partial charge in [0.05, 0.1) is 5.92 Å². The van der Waals surface area contributed by atoms with Crippen molar-refractivity contribution in [3.05, 3.63) is 29.8 Å². The van der Waals surface area contributed by atoms with Gasteiger partial charge in [-0.2, -0.15) is 0 Å². The molecule has 17 heavy (non-hydrogen) atoms. The summed E-state index contributed by atoms with van der Waals surface area (Å²) < 4.78 is 0. The minimum atomic E-state index is 0.0980. The Bertz CT molecular complexity index is 370. The lowest BCUT2D eigenvalue weighted by Gasteiger charge is -2.21. The quantitative estimate of drug-likeness (QED) is 0.731. The number of aromatic hydroxyl groups is 1. The van der Waals surface area contributed by atoms with E-state index in [1.165, 1.54) is 0 Å². The lowest BCUT2D eigenvalue weighted by molar-refractivity contribution is -0.125. The Kier molecular flexibility index (Phi) is 3.98. The topological polar surface area (TPSA) is 61.4 Å². The maximum atomic E-state index is 11.8. The highest BCUT2D eigenvalue weighted by Gasteiger charge is 2.20. The lowest BCUT2D eigenvalue weighted by atomic mass is 9.99. The zero-order chi connectivity index (χ0) is 12.1. The average molecular weight is 234 g/mol. The van der Waals surface area contributed by atoms with E-state index in [0.29, 0.717) is 6.54 Å². The molecule has 4 heteroatoms. The molecule has 4 nitrogen and oxygen atoms in total. The SMILES string of the molecule is O=C(NCc1ccc(O)cc1)[C@@H]1CCCNC1. The van der Waals surface area contributed by atoms with Crippen molar-refractivity contribution >= 4 is 5.91 Å². The molecule has 0 aliphatic carbocycles. The monoisotopic (exact) mass is 234 g/mol. The van der Waals surface area contributed by atoms with Crippen molar-refractivity contribution in [3.8, 4) is 5.75 Å². The third-order valence-corrected chi connectivity index (χ3v) is 3.07. The minimum absolute atomic E-state index is 0.0980. The zero-order valence-corrected chi connectivity index (χ0v) is 9.78. The second-order valence-electron chi connectivity index (χ2n) is 4.43. The minimum Gasteiger partial charge on any atom is -0.508 e. The third kappa shape index (κ3) is 3.46. The molecule has 1 aliphatic heterocycles. The van der Waals surface area contributed by atoms with Crippen molar-refractivity contribution in [3.63, 3.8) is 0 Å². The van der Waals surface area contributed by atoms with Crippen molar-refractivity contribution < 1.29 is 9.90 Å². The third-order valence-electron chi connectivity index (χ3n) is 3.07. The van der Waals surface area contributed by atoms with Gasteiger partial charge in [-0.05, 0) is 37.1 Å². The predicted molar refractivity (Wildman–Crippen MR) is 65.5 cm³/mol. The first-order chi connectivity index (χ1) is 8.25. The molecule has 92 valence electrons. The number of benzene rings is 1. The molecule has 0 saturated carbocycles. The van der Waals surface area contributed by atoms with E-state index in [9.17, 15) is 4.79 Å². The first-order valence-corrected chi connectivity index (χ1v) is 6.02. The van der Waals surface area contributed by atoms with Crippen LogP contribution in [-0.4, -0.2) is 24.1 Å². The second kappa shape index (κ2) is 5.68. The van der Waals surface area contributed by atoms with Crippen LogP contribution in [0.25, 0.3) is 0 Å². The molecule has 1 saturated heterocycles. The fourth-order valence-electron chi connectivity index (χ4n) is 2.02. The Balaban J connectivity index is 1.81. The number of phenols is 1. The van der Waals surface area contributed by atoms with Crippen LogP contribution in [0.5, 0.6) is 5.75 Å². The summed E-state index contributed by atoms with van der Waals surface area (Å²) in [5.41, 5.74) is 1.000. The van der Waals surface area contributed by atoms with Crippen LogP contribution in [0.3, 0.4) is 0 Å². The normalized spacial score (nSPS) is 19.9. The molecule has 1 amide bonds. The summed E-state index contributed by atoms with van der Waals surface area (Å²) in [5.74, 6) is 0.461. The van der Waals surface area contributed by atoms with Gasteiger partial charge in [-0.15, -0.1) is 0 Å². The first-order valence-electron chi connectivity index (χ1n) is 6.02. The van der Waals surface area contributed by atoms with Crippen molar-refractivity contribution in [2.75, 3.05) is 13.1 Å². The summed E-state index contributed by atoms with van der Waals surface area (Å²) in [6, 6.07) is 6.89. The maximum absolute atomic E-state index is 11.8. The van der Waals surface area contributed by atoms with E-state index in [1.54, 1.807) is 12.1 Å². The van der Waals surface area contributed by atoms with Gasteiger partial charge in [0.1, 0.15) is 5.75 Å². The van der Waals surface area contributed by atoms with Gasteiger partial charge in [0, 0.05) is 13.1 Å². The van der Waals surface area contributed by atoms with Gasteiger partial charge in [0.2, 0.25) is 5.91 Å². The molecule has 0 bridgehead atoms. The summed E-state index contributed by atoms with van der Waals surface area (Å²) in [4.78, 5) is 11.8. The molecule has 1 aromatic carbocycles. The molecule has 1 fully saturated rings. The fraction of sp³-hybridized carbons (Fsp3) is 0.462. The number of piperidine rings is 1. The van der Waals surface area contributed by atoms with E-state index in [-0.39, 0.29) is 17.6 Å². The maximum Gasteiger partial charge on any atom is 0.224 e. The van der Waals surface area contributed by atoms with Crippen LogP contribution in [0.1, 0.15) is 18.4 Å². The van der Waals surface area contributed by atoms with E-state index >= 15 is 0 Å². The van der Waals surface area contributed by atoms with Crippen molar-refractivity contribution in [1.82, 2.24) is 10.6 Å². The lowest BCUT2D eigenvalue weighted by Crippen LogP contribution is -2.40. The van der Waals surface area contributed by atoms with Crippen LogP contribution in [0.4, 0.5) is 0 Å². The van der Waals surface area contributed by atoms with Crippen molar-refractivity contribution in [2.24, 2.45) is 5.92 Å². The van der Waals surface area contributed by atoms with E-state index in [2.05, 4.69) is 10.6 Å². The standard InChI is InChI=1S/C13H18N2O2/c16-12-5-3-10(4-6-12)8-15-13(17)11-2-1-7-14-9-11/h3-6,11,14,16H,1-2,7-9H2,(H,15,17)/t11-/m1/s1. The summed E-state index contributed by atoms with van der Waals surface area (Å²) in [6.07, 6.45) is 2.03. The molecule has 1 aromatic rings. The van der Waals surface area contributed by atoms with E-state index in [0.717, 1.165) is 31.5 Å². The summed E-state index contributed by atoms with van der Waals surface area (Å²) in [7, 11) is 0. The average Bonchev–Trinajstić information content (AvgIpc) is 2.39. The molecule has 1 atom stereocenters. The number of amides is 1. The molecule has 2 rings (SSSR count). The Hall–Kier alpha value is -1.55. The molecule has 1 aliphatic rings. The highest BCUT2D eigenvalue weighted by molar-refractivity contribution is 5.78. The zero-order valence-electron chi connectivity index (χ0n) is 9.78. The van der Waals surface area contributed by atoms with Crippen LogP contribution in [0.2, 0.25) is 0 Å². The number of phenolic OH excluding ortho intramolecular Hbond substituents is 1. The molecule has 0 spiro atoms. The number of carbonyl (C=O) groups is 1. The summed E-state index contributed by atoms with van der Waals surface area (Å²) >= 11 is 0. The molecular formula is C13H18N2O2.